The summed E-state index contributed by atoms with van der Waals surface area (Å²) in [5, 5.41) is 1.87. The van der Waals surface area contributed by atoms with E-state index in [0.717, 1.165) is 21.8 Å². The van der Waals surface area contributed by atoms with E-state index in [1.165, 1.54) is 16.9 Å². The Labute approximate surface area is 130 Å². The van der Waals surface area contributed by atoms with E-state index < -0.39 is 0 Å². The first kappa shape index (κ1) is 15.8. The Bertz CT molecular complexity index is 638. The van der Waals surface area contributed by atoms with Crippen LogP contribution in [0.15, 0.2) is 29.6 Å². The molecule has 21 heavy (non-hydrogen) atoms. The van der Waals surface area contributed by atoms with Crippen LogP contribution in [0.1, 0.15) is 65.9 Å². The van der Waals surface area contributed by atoms with Crippen molar-refractivity contribution in [1.82, 2.24) is 0 Å². The summed E-state index contributed by atoms with van der Waals surface area (Å²) in [5.74, 6) is 1.62. The van der Waals surface area contributed by atoms with Gasteiger partial charge in [0.1, 0.15) is 5.75 Å². The average molecular weight is 302 g/mol. The number of hydrogen-bond acceptors (Lipinski definition) is 3. The van der Waals surface area contributed by atoms with Crippen molar-refractivity contribution in [3.8, 4) is 5.75 Å². The summed E-state index contributed by atoms with van der Waals surface area (Å²) in [5.41, 5.74) is 3.21. The molecule has 2 nitrogen and oxygen atoms in total. The molecule has 2 rings (SSSR count). The van der Waals surface area contributed by atoms with Crippen LogP contribution in [0.4, 0.5) is 0 Å². The van der Waals surface area contributed by atoms with Crippen molar-refractivity contribution in [3.63, 3.8) is 0 Å². The van der Waals surface area contributed by atoms with Crippen molar-refractivity contribution < 1.29 is 9.53 Å². The molecule has 0 aliphatic rings. The second kappa shape index (κ2) is 6.44. The summed E-state index contributed by atoms with van der Waals surface area (Å²) < 4.78 is 5.17. The average Bonchev–Trinajstić information content (AvgIpc) is 2.94. The highest BCUT2D eigenvalue weighted by molar-refractivity contribution is 7.12. The van der Waals surface area contributed by atoms with Gasteiger partial charge in [-0.05, 0) is 23.0 Å². The van der Waals surface area contributed by atoms with Crippen molar-refractivity contribution in [2.24, 2.45) is 0 Å². The first-order chi connectivity index (χ1) is 9.93. The summed E-state index contributed by atoms with van der Waals surface area (Å²) in [6.45, 7) is 8.60. The monoisotopic (exact) mass is 302 g/mol. The minimum atomic E-state index is 0.0855. The summed E-state index contributed by atoms with van der Waals surface area (Å²) in [4.78, 5) is 13.5. The van der Waals surface area contributed by atoms with Crippen LogP contribution in [0, 0.1) is 0 Å². The molecule has 0 bridgehead atoms. The molecule has 0 radical (unpaired) electrons. The van der Waals surface area contributed by atoms with Crippen molar-refractivity contribution in [2.75, 3.05) is 7.11 Å². The molecule has 2 aromatic rings. The summed E-state index contributed by atoms with van der Waals surface area (Å²) in [6.07, 6.45) is 0. The zero-order valence-electron chi connectivity index (χ0n) is 13.3. The standard InChI is InChI=1S/C18H22O2S/c1-11(2)13-6-7-15(16(8-13)12(3)4)18(19)17-9-14(20-5)10-21-17/h6-12H,1-5H3. The maximum Gasteiger partial charge on any atom is 0.203 e. The van der Waals surface area contributed by atoms with Gasteiger partial charge in [-0.3, -0.25) is 4.79 Å². The molecule has 1 heterocycles. The number of benzene rings is 1. The highest BCUT2D eigenvalue weighted by atomic mass is 32.1. The zero-order valence-corrected chi connectivity index (χ0v) is 14.1. The highest BCUT2D eigenvalue weighted by Gasteiger charge is 2.18. The Morgan fingerprint density at radius 1 is 1.10 bits per heavy atom. The Hall–Kier alpha value is -1.61. The van der Waals surface area contributed by atoms with Gasteiger partial charge >= 0.3 is 0 Å². The number of thiophene rings is 1. The van der Waals surface area contributed by atoms with Gasteiger partial charge in [-0.15, -0.1) is 11.3 Å². The third-order valence-corrected chi connectivity index (χ3v) is 4.55. The lowest BCUT2D eigenvalue weighted by Crippen LogP contribution is -2.06. The van der Waals surface area contributed by atoms with Gasteiger partial charge in [-0.2, -0.15) is 0 Å². The van der Waals surface area contributed by atoms with E-state index in [0.29, 0.717) is 11.8 Å². The maximum absolute atomic E-state index is 12.7. The summed E-state index contributed by atoms with van der Waals surface area (Å²) >= 11 is 1.43. The fourth-order valence-corrected chi connectivity index (χ4v) is 3.11. The zero-order chi connectivity index (χ0) is 15.6. The molecule has 3 heteroatoms. The van der Waals surface area contributed by atoms with Crippen LogP contribution in [-0.2, 0) is 0 Å². The largest absolute Gasteiger partial charge is 0.496 e. The number of hydrogen-bond donors (Lipinski definition) is 0. The quantitative estimate of drug-likeness (QED) is 0.706. The molecule has 0 spiro atoms. The fraction of sp³-hybridized carbons (Fsp3) is 0.389. The molecule has 0 unspecified atom stereocenters. The van der Waals surface area contributed by atoms with Gasteiger partial charge in [0.05, 0.1) is 12.0 Å². The Kier molecular flexibility index (Phi) is 4.84. The molecule has 0 atom stereocenters. The SMILES string of the molecule is COc1csc(C(=O)c2ccc(C(C)C)cc2C(C)C)c1. The Morgan fingerprint density at radius 3 is 2.33 bits per heavy atom. The van der Waals surface area contributed by atoms with Gasteiger partial charge in [0.25, 0.3) is 0 Å². The maximum atomic E-state index is 12.7. The lowest BCUT2D eigenvalue weighted by Gasteiger charge is -2.15. The van der Waals surface area contributed by atoms with Crippen molar-refractivity contribution >= 4 is 17.1 Å². The van der Waals surface area contributed by atoms with Crippen LogP contribution in [0.2, 0.25) is 0 Å². The number of carbonyl (C=O) groups is 1. The van der Waals surface area contributed by atoms with E-state index in [1.807, 2.05) is 17.5 Å². The predicted molar refractivity (Wildman–Crippen MR) is 88.9 cm³/mol. The van der Waals surface area contributed by atoms with E-state index in [-0.39, 0.29) is 5.78 Å². The van der Waals surface area contributed by atoms with Gasteiger partial charge in [0.15, 0.2) is 0 Å². The topological polar surface area (TPSA) is 26.3 Å². The second-order valence-corrected chi connectivity index (χ2v) is 6.75. The van der Waals surface area contributed by atoms with Gasteiger partial charge in [-0.1, -0.05) is 45.9 Å². The Morgan fingerprint density at radius 2 is 1.81 bits per heavy atom. The second-order valence-electron chi connectivity index (χ2n) is 5.84. The molecule has 0 aliphatic carbocycles. The van der Waals surface area contributed by atoms with E-state index in [2.05, 4.69) is 39.8 Å². The van der Waals surface area contributed by atoms with Gasteiger partial charge < -0.3 is 4.74 Å². The fourth-order valence-electron chi connectivity index (χ4n) is 2.30. The molecule has 0 saturated heterocycles. The van der Waals surface area contributed by atoms with Crippen molar-refractivity contribution in [3.05, 3.63) is 51.2 Å². The lowest BCUT2D eigenvalue weighted by atomic mass is 9.89. The third-order valence-electron chi connectivity index (χ3n) is 3.64. The molecule has 112 valence electrons. The minimum absolute atomic E-state index is 0.0855. The highest BCUT2D eigenvalue weighted by Crippen LogP contribution is 2.29. The van der Waals surface area contributed by atoms with E-state index in [1.54, 1.807) is 7.11 Å². The number of methoxy groups -OCH3 is 1. The molecule has 0 fully saturated rings. The molecular weight excluding hydrogens is 280 g/mol. The smallest absolute Gasteiger partial charge is 0.203 e. The van der Waals surface area contributed by atoms with Gasteiger partial charge in [0.2, 0.25) is 5.78 Å². The van der Waals surface area contributed by atoms with Gasteiger partial charge in [0, 0.05) is 17.0 Å². The Balaban J connectivity index is 2.44. The molecule has 0 aliphatic heterocycles. The molecule has 1 aromatic carbocycles. The van der Waals surface area contributed by atoms with Crippen molar-refractivity contribution in [1.29, 1.82) is 0 Å². The molecule has 0 N–H and O–H groups in total. The van der Waals surface area contributed by atoms with E-state index in [4.69, 9.17) is 4.74 Å². The first-order valence-corrected chi connectivity index (χ1v) is 8.13. The normalized spacial score (nSPS) is 11.2. The molecule has 1 aromatic heterocycles. The number of ketones is 1. The van der Waals surface area contributed by atoms with Crippen LogP contribution in [-0.4, -0.2) is 12.9 Å². The first-order valence-electron chi connectivity index (χ1n) is 7.25. The third kappa shape index (κ3) is 3.35. The van der Waals surface area contributed by atoms with Gasteiger partial charge in [-0.25, -0.2) is 0 Å². The molecular formula is C18H22O2S. The predicted octanol–water partition coefficient (Wildman–Crippen LogP) is 5.23. The van der Waals surface area contributed by atoms with Crippen LogP contribution < -0.4 is 4.74 Å². The molecule has 0 amide bonds. The minimum Gasteiger partial charge on any atom is -0.496 e. The summed E-state index contributed by atoms with van der Waals surface area (Å²) in [6, 6.07) is 8.02. The molecule has 0 saturated carbocycles. The van der Waals surface area contributed by atoms with Crippen LogP contribution in [0.3, 0.4) is 0 Å². The van der Waals surface area contributed by atoms with Crippen LogP contribution in [0.25, 0.3) is 0 Å². The number of rotatable bonds is 5. The van der Waals surface area contributed by atoms with E-state index >= 15 is 0 Å². The summed E-state index contributed by atoms with van der Waals surface area (Å²) in [7, 11) is 1.62. The van der Waals surface area contributed by atoms with Crippen LogP contribution >= 0.6 is 11.3 Å². The number of ether oxygens (including phenoxy) is 1. The van der Waals surface area contributed by atoms with Crippen LogP contribution in [0.5, 0.6) is 5.75 Å². The number of carbonyl (C=O) groups excluding carboxylic acids is 1. The lowest BCUT2D eigenvalue weighted by molar-refractivity contribution is 0.104. The van der Waals surface area contributed by atoms with E-state index in [9.17, 15) is 4.79 Å². The van der Waals surface area contributed by atoms with Crippen molar-refractivity contribution in [2.45, 2.75) is 39.5 Å².